The number of amides is 2. The van der Waals surface area contributed by atoms with E-state index in [4.69, 9.17) is 0 Å². The van der Waals surface area contributed by atoms with Gasteiger partial charge in [0, 0.05) is 37.7 Å². The first-order valence-electron chi connectivity index (χ1n) is 11.5. The first kappa shape index (κ1) is 24.0. The molecule has 34 heavy (non-hydrogen) atoms. The van der Waals surface area contributed by atoms with Crippen LogP contribution in [0.3, 0.4) is 0 Å². The maximum atomic E-state index is 13.9. The summed E-state index contributed by atoms with van der Waals surface area (Å²) in [5.41, 5.74) is 0.641. The van der Waals surface area contributed by atoms with Crippen molar-refractivity contribution < 1.29 is 27.2 Å². The Morgan fingerprint density at radius 3 is 2.15 bits per heavy atom. The third kappa shape index (κ3) is 5.51. The van der Waals surface area contributed by atoms with Gasteiger partial charge in [0.25, 0.3) is 5.91 Å². The summed E-state index contributed by atoms with van der Waals surface area (Å²) >= 11 is 0. The van der Waals surface area contributed by atoms with Crippen LogP contribution in [0.25, 0.3) is 0 Å². The molecule has 2 amide bonds. The van der Waals surface area contributed by atoms with E-state index in [9.17, 15) is 27.2 Å². The fourth-order valence-electron chi connectivity index (χ4n) is 4.58. The summed E-state index contributed by atoms with van der Waals surface area (Å²) < 4.78 is 52.2. The van der Waals surface area contributed by atoms with Gasteiger partial charge in [-0.15, -0.1) is 0 Å². The van der Waals surface area contributed by atoms with Crippen molar-refractivity contribution >= 4 is 23.2 Å². The topological polar surface area (TPSA) is 52.7 Å². The number of rotatable bonds is 4. The SMILES string of the molecule is O=C(Nc1cc(F)ccc1N1CCCCC1)C1CCN(C(=O)c2ccc(C(F)(F)F)cc2)CC1. The molecule has 2 aromatic rings. The van der Waals surface area contributed by atoms with E-state index in [-0.39, 0.29) is 23.3 Å². The van der Waals surface area contributed by atoms with Crippen LogP contribution in [0.5, 0.6) is 0 Å². The Hall–Kier alpha value is -3.10. The second kappa shape index (κ2) is 10.0. The van der Waals surface area contributed by atoms with Crippen LogP contribution in [0.4, 0.5) is 28.9 Å². The lowest BCUT2D eigenvalue weighted by Crippen LogP contribution is -2.41. The summed E-state index contributed by atoms with van der Waals surface area (Å²) in [5.74, 6) is -1.34. The zero-order chi connectivity index (χ0) is 24.3. The molecule has 2 aliphatic rings. The maximum Gasteiger partial charge on any atom is 0.416 e. The average Bonchev–Trinajstić information content (AvgIpc) is 2.84. The summed E-state index contributed by atoms with van der Waals surface area (Å²) in [6.45, 7) is 2.36. The van der Waals surface area contributed by atoms with Crippen LogP contribution < -0.4 is 10.2 Å². The maximum absolute atomic E-state index is 13.9. The largest absolute Gasteiger partial charge is 0.416 e. The van der Waals surface area contributed by atoms with E-state index in [2.05, 4.69) is 10.2 Å². The Morgan fingerprint density at radius 1 is 0.882 bits per heavy atom. The van der Waals surface area contributed by atoms with E-state index in [0.29, 0.717) is 31.6 Å². The minimum absolute atomic E-state index is 0.182. The predicted octanol–water partition coefficient (Wildman–Crippen LogP) is 5.33. The molecule has 182 valence electrons. The van der Waals surface area contributed by atoms with Gasteiger partial charge in [-0.05, 0) is 74.6 Å². The summed E-state index contributed by atoms with van der Waals surface area (Å²) in [7, 11) is 0. The normalized spacial score (nSPS) is 17.5. The summed E-state index contributed by atoms with van der Waals surface area (Å²) in [6.07, 6.45) is -0.350. The molecule has 0 aliphatic carbocycles. The number of anilines is 2. The van der Waals surface area contributed by atoms with E-state index >= 15 is 0 Å². The van der Waals surface area contributed by atoms with Crippen LogP contribution in [-0.2, 0) is 11.0 Å². The number of nitrogens with zero attached hydrogens (tertiary/aromatic N) is 2. The molecule has 0 bridgehead atoms. The van der Waals surface area contributed by atoms with E-state index in [0.717, 1.165) is 50.2 Å². The van der Waals surface area contributed by atoms with Crippen molar-refractivity contribution in [1.82, 2.24) is 4.90 Å². The highest BCUT2D eigenvalue weighted by Gasteiger charge is 2.32. The van der Waals surface area contributed by atoms with Gasteiger partial charge in [0.15, 0.2) is 0 Å². The molecule has 5 nitrogen and oxygen atoms in total. The minimum atomic E-state index is -4.46. The quantitative estimate of drug-likeness (QED) is 0.606. The molecule has 2 fully saturated rings. The van der Waals surface area contributed by atoms with Crippen molar-refractivity contribution in [2.75, 3.05) is 36.4 Å². The Labute approximate surface area is 195 Å². The third-order valence-corrected chi connectivity index (χ3v) is 6.53. The molecule has 2 heterocycles. The predicted molar refractivity (Wildman–Crippen MR) is 121 cm³/mol. The molecule has 0 unspecified atom stereocenters. The molecule has 0 atom stereocenters. The highest BCUT2D eigenvalue weighted by atomic mass is 19.4. The number of benzene rings is 2. The van der Waals surface area contributed by atoms with Crippen molar-refractivity contribution in [2.24, 2.45) is 5.92 Å². The summed E-state index contributed by atoms with van der Waals surface area (Å²) in [6, 6.07) is 8.57. The number of hydrogen-bond acceptors (Lipinski definition) is 3. The van der Waals surface area contributed by atoms with Crippen molar-refractivity contribution in [3.8, 4) is 0 Å². The summed E-state index contributed by atoms with van der Waals surface area (Å²) in [5, 5.41) is 2.88. The lowest BCUT2D eigenvalue weighted by molar-refractivity contribution is -0.137. The number of alkyl halides is 3. The van der Waals surface area contributed by atoms with Gasteiger partial charge in [-0.1, -0.05) is 0 Å². The van der Waals surface area contributed by atoms with Gasteiger partial charge in [-0.25, -0.2) is 4.39 Å². The second-order valence-corrected chi connectivity index (χ2v) is 8.84. The van der Waals surface area contributed by atoms with Crippen LogP contribution in [-0.4, -0.2) is 42.9 Å². The lowest BCUT2D eigenvalue weighted by Gasteiger charge is -2.33. The number of carbonyl (C=O) groups excluding carboxylic acids is 2. The van der Waals surface area contributed by atoms with Crippen molar-refractivity contribution in [3.05, 3.63) is 59.4 Å². The van der Waals surface area contributed by atoms with Crippen molar-refractivity contribution in [2.45, 2.75) is 38.3 Å². The molecular weight excluding hydrogens is 450 g/mol. The third-order valence-electron chi connectivity index (χ3n) is 6.53. The van der Waals surface area contributed by atoms with Crippen molar-refractivity contribution in [3.63, 3.8) is 0 Å². The first-order valence-corrected chi connectivity index (χ1v) is 11.5. The van der Waals surface area contributed by atoms with Crippen LogP contribution >= 0.6 is 0 Å². The van der Waals surface area contributed by atoms with Gasteiger partial charge < -0.3 is 15.1 Å². The molecule has 0 radical (unpaired) electrons. The average molecular weight is 478 g/mol. The van der Waals surface area contributed by atoms with Gasteiger partial charge in [-0.2, -0.15) is 13.2 Å². The second-order valence-electron chi connectivity index (χ2n) is 8.84. The number of carbonyl (C=O) groups is 2. The highest BCUT2D eigenvalue weighted by molar-refractivity contribution is 5.97. The Bertz CT molecular complexity index is 1030. The first-order chi connectivity index (χ1) is 16.2. The molecule has 4 rings (SSSR count). The zero-order valence-corrected chi connectivity index (χ0v) is 18.7. The van der Waals surface area contributed by atoms with Crippen LogP contribution in [0.1, 0.15) is 48.0 Å². The molecule has 0 saturated carbocycles. The van der Waals surface area contributed by atoms with Gasteiger partial charge in [-0.3, -0.25) is 9.59 Å². The molecular formula is C25H27F4N3O2. The van der Waals surface area contributed by atoms with Crippen molar-refractivity contribution in [1.29, 1.82) is 0 Å². The molecule has 2 aromatic carbocycles. The zero-order valence-electron chi connectivity index (χ0n) is 18.7. The molecule has 2 saturated heterocycles. The monoisotopic (exact) mass is 477 g/mol. The Balaban J connectivity index is 1.36. The minimum Gasteiger partial charge on any atom is -0.370 e. The number of likely N-dealkylation sites (tertiary alicyclic amines) is 1. The van der Waals surface area contributed by atoms with Gasteiger partial charge in [0.2, 0.25) is 5.91 Å². The molecule has 9 heteroatoms. The number of nitrogens with one attached hydrogen (secondary N) is 1. The number of piperidine rings is 2. The van der Waals surface area contributed by atoms with Gasteiger partial charge >= 0.3 is 6.18 Å². The standard InChI is InChI=1S/C25H27F4N3O2/c26-20-8-9-22(31-12-2-1-3-13-31)21(16-20)30-23(33)17-10-14-32(15-11-17)24(34)18-4-6-19(7-5-18)25(27,28)29/h4-9,16-17H,1-3,10-15H2,(H,30,33). The Kier molecular flexibility index (Phi) is 7.09. The van der Waals surface area contributed by atoms with E-state index in [1.807, 2.05) is 0 Å². The van der Waals surface area contributed by atoms with E-state index in [1.165, 1.54) is 24.3 Å². The fourth-order valence-corrected chi connectivity index (χ4v) is 4.58. The highest BCUT2D eigenvalue weighted by Crippen LogP contribution is 2.31. The van der Waals surface area contributed by atoms with E-state index < -0.39 is 17.6 Å². The fraction of sp³-hybridized carbons (Fsp3) is 0.440. The van der Waals surface area contributed by atoms with Gasteiger partial charge in [0.1, 0.15) is 5.82 Å². The smallest absolute Gasteiger partial charge is 0.370 e. The Morgan fingerprint density at radius 2 is 1.53 bits per heavy atom. The van der Waals surface area contributed by atoms with E-state index in [1.54, 1.807) is 11.0 Å². The van der Waals surface area contributed by atoms with Crippen LogP contribution in [0.2, 0.25) is 0 Å². The van der Waals surface area contributed by atoms with Crippen LogP contribution in [0.15, 0.2) is 42.5 Å². The molecule has 0 spiro atoms. The number of halogens is 4. The molecule has 0 aromatic heterocycles. The number of hydrogen-bond donors (Lipinski definition) is 1. The summed E-state index contributed by atoms with van der Waals surface area (Å²) in [4.78, 5) is 29.3. The molecule has 1 N–H and O–H groups in total. The van der Waals surface area contributed by atoms with Crippen LogP contribution in [0, 0.1) is 11.7 Å². The lowest BCUT2D eigenvalue weighted by atomic mass is 9.95. The molecule has 2 aliphatic heterocycles. The van der Waals surface area contributed by atoms with Gasteiger partial charge in [0.05, 0.1) is 16.9 Å².